The molecule has 0 saturated carbocycles. The van der Waals surface area contributed by atoms with E-state index < -0.39 is 0 Å². The van der Waals surface area contributed by atoms with E-state index in [9.17, 15) is 0 Å². The van der Waals surface area contributed by atoms with E-state index in [4.69, 9.17) is 9.47 Å². The number of hydrogen-bond acceptors (Lipinski definition) is 7. The average molecular weight is 368 g/mol. The molecule has 0 amide bonds. The summed E-state index contributed by atoms with van der Waals surface area (Å²) in [6, 6.07) is 6.28. The topological polar surface area (TPSA) is 76.8 Å². The van der Waals surface area contributed by atoms with E-state index in [-0.39, 0.29) is 0 Å². The molecule has 1 aliphatic rings. The Morgan fingerprint density at radius 2 is 1.85 bits per heavy atom. The molecule has 1 aliphatic heterocycles. The van der Waals surface area contributed by atoms with Gasteiger partial charge in [-0.1, -0.05) is 0 Å². The maximum Gasteiger partial charge on any atom is 0.254 e. The Bertz CT molecular complexity index is 948. The van der Waals surface area contributed by atoms with Crippen molar-refractivity contribution in [1.29, 1.82) is 0 Å². The van der Waals surface area contributed by atoms with Crippen LogP contribution >= 0.6 is 0 Å². The number of aromatic nitrogens is 4. The largest absolute Gasteiger partial charge is 0.497 e. The summed E-state index contributed by atoms with van der Waals surface area (Å²) in [4.78, 5) is 11.0. The third kappa shape index (κ3) is 3.22. The zero-order valence-electron chi connectivity index (χ0n) is 16.1. The van der Waals surface area contributed by atoms with Crippen LogP contribution in [0.1, 0.15) is 17.7 Å². The molecular formula is C19H24N6O2. The van der Waals surface area contributed by atoms with Crippen LogP contribution in [-0.4, -0.2) is 52.9 Å². The maximum absolute atomic E-state index is 5.40. The Kier molecular flexibility index (Phi) is 4.47. The van der Waals surface area contributed by atoms with Crippen LogP contribution in [0.5, 0.6) is 11.5 Å². The van der Waals surface area contributed by atoms with Crippen LogP contribution in [-0.2, 0) is 0 Å². The first-order valence-electron chi connectivity index (χ1n) is 9.00. The van der Waals surface area contributed by atoms with Crippen molar-refractivity contribution in [2.45, 2.75) is 26.3 Å². The number of nitrogens with one attached hydrogen (secondary N) is 1. The minimum absolute atomic E-state index is 0.301. The average Bonchev–Trinajstić information content (AvgIpc) is 3.34. The van der Waals surface area contributed by atoms with E-state index in [0.29, 0.717) is 11.8 Å². The fraction of sp³-hybridized carbons (Fsp3) is 0.421. The molecule has 0 spiro atoms. The summed E-state index contributed by atoms with van der Waals surface area (Å²) < 4.78 is 12.6. The molecule has 1 unspecified atom stereocenters. The molecule has 8 heteroatoms. The summed E-state index contributed by atoms with van der Waals surface area (Å²) in [5.41, 5.74) is 3.16. The lowest BCUT2D eigenvalue weighted by molar-refractivity contribution is 0.394. The second-order valence-corrected chi connectivity index (χ2v) is 6.79. The monoisotopic (exact) mass is 368 g/mol. The Morgan fingerprint density at radius 3 is 2.56 bits per heavy atom. The molecule has 0 radical (unpaired) electrons. The summed E-state index contributed by atoms with van der Waals surface area (Å²) >= 11 is 0. The van der Waals surface area contributed by atoms with Gasteiger partial charge in [0.2, 0.25) is 0 Å². The summed E-state index contributed by atoms with van der Waals surface area (Å²) in [5, 5.41) is 7.97. The first-order chi connectivity index (χ1) is 13.1. The number of rotatable bonds is 5. The molecule has 2 aromatic heterocycles. The molecule has 3 aromatic rings. The second kappa shape index (κ2) is 6.94. The highest BCUT2D eigenvalue weighted by molar-refractivity contribution is 5.58. The van der Waals surface area contributed by atoms with Gasteiger partial charge >= 0.3 is 0 Å². The van der Waals surface area contributed by atoms with Crippen molar-refractivity contribution >= 4 is 17.3 Å². The number of aryl methyl sites for hydroxylation is 1. The molecule has 4 rings (SSSR count). The van der Waals surface area contributed by atoms with E-state index in [1.54, 1.807) is 18.7 Å². The van der Waals surface area contributed by atoms with Crippen LogP contribution < -0.4 is 19.7 Å². The number of hydrogen-bond donors (Lipinski definition) is 1. The predicted molar refractivity (Wildman–Crippen MR) is 104 cm³/mol. The van der Waals surface area contributed by atoms with Gasteiger partial charge in [0.25, 0.3) is 5.78 Å². The zero-order valence-corrected chi connectivity index (χ0v) is 16.1. The highest BCUT2D eigenvalue weighted by Crippen LogP contribution is 2.31. The lowest BCUT2D eigenvalue weighted by Crippen LogP contribution is -2.27. The van der Waals surface area contributed by atoms with Crippen molar-refractivity contribution in [2.24, 2.45) is 0 Å². The fourth-order valence-corrected chi connectivity index (χ4v) is 3.48. The fourth-order valence-electron chi connectivity index (χ4n) is 3.48. The molecule has 1 aromatic carbocycles. The van der Waals surface area contributed by atoms with Crippen molar-refractivity contribution in [3.63, 3.8) is 0 Å². The number of benzene rings is 1. The molecule has 3 heterocycles. The van der Waals surface area contributed by atoms with Crippen LogP contribution in [0, 0.1) is 13.8 Å². The quantitative estimate of drug-likeness (QED) is 0.741. The first-order valence-corrected chi connectivity index (χ1v) is 9.00. The minimum atomic E-state index is 0.301. The molecular weight excluding hydrogens is 344 g/mol. The lowest BCUT2D eigenvalue weighted by atomic mass is 10.2. The van der Waals surface area contributed by atoms with Crippen LogP contribution in [0.15, 0.2) is 24.5 Å². The van der Waals surface area contributed by atoms with Crippen molar-refractivity contribution < 1.29 is 9.47 Å². The third-order valence-corrected chi connectivity index (χ3v) is 5.14. The molecule has 1 fully saturated rings. The van der Waals surface area contributed by atoms with Crippen LogP contribution in [0.2, 0.25) is 0 Å². The van der Waals surface area contributed by atoms with Gasteiger partial charge in [0.05, 0.1) is 14.2 Å². The Labute approximate surface area is 158 Å². The molecule has 1 saturated heterocycles. The van der Waals surface area contributed by atoms with Gasteiger partial charge in [-0.2, -0.15) is 14.6 Å². The van der Waals surface area contributed by atoms with Crippen molar-refractivity contribution in [3.05, 3.63) is 35.8 Å². The van der Waals surface area contributed by atoms with E-state index in [1.807, 2.05) is 25.1 Å². The number of ether oxygens (including phenoxy) is 2. The molecule has 0 aliphatic carbocycles. The second-order valence-electron chi connectivity index (χ2n) is 6.79. The van der Waals surface area contributed by atoms with Crippen molar-refractivity contribution in [1.82, 2.24) is 19.6 Å². The zero-order chi connectivity index (χ0) is 19.0. The van der Waals surface area contributed by atoms with E-state index in [1.165, 1.54) is 6.33 Å². The Morgan fingerprint density at radius 1 is 1.11 bits per heavy atom. The normalized spacial score (nSPS) is 16.7. The molecule has 27 heavy (non-hydrogen) atoms. The van der Waals surface area contributed by atoms with Crippen LogP contribution in [0.4, 0.5) is 11.5 Å². The molecule has 142 valence electrons. The molecule has 1 N–H and O–H groups in total. The molecule has 0 bridgehead atoms. The predicted octanol–water partition coefficient (Wildman–Crippen LogP) is 2.45. The highest BCUT2D eigenvalue weighted by Gasteiger charge is 2.25. The van der Waals surface area contributed by atoms with E-state index in [0.717, 1.165) is 53.8 Å². The van der Waals surface area contributed by atoms with Crippen LogP contribution in [0.3, 0.4) is 0 Å². The van der Waals surface area contributed by atoms with Crippen molar-refractivity contribution in [2.75, 3.05) is 37.5 Å². The lowest BCUT2D eigenvalue weighted by Gasteiger charge is -2.21. The molecule has 8 nitrogen and oxygen atoms in total. The Balaban J connectivity index is 1.56. The standard InChI is InChI=1S/C19H24N6O2/c1-12-13(2)22-19-20-11-21-25(19)18(12)23-14-5-6-24(10-14)15-7-16(26-3)9-17(8-15)27-4/h7-9,11,14,23H,5-6,10H2,1-4H3. The summed E-state index contributed by atoms with van der Waals surface area (Å²) in [6.07, 6.45) is 2.56. The number of anilines is 2. The third-order valence-electron chi connectivity index (χ3n) is 5.14. The smallest absolute Gasteiger partial charge is 0.254 e. The summed E-state index contributed by atoms with van der Waals surface area (Å²) in [7, 11) is 3.34. The Hall–Kier alpha value is -3.03. The minimum Gasteiger partial charge on any atom is -0.497 e. The summed E-state index contributed by atoms with van der Waals surface area (Å²) in [5.74, 6) is 3.18. The van der Waals surface area contributed by atoms with Crippen LogP contribution in [0.25, 0.3) is 5.78 Å². The maximum atomic E-state index is 5.40. The number of nitrogens with zero attached hydrogens (tertiary/aromatic N) is 5. The van der Waals surface area contributed by atoms with Gasteiger partial charge in [-0.05, 0) is 20.3 Å². The van der Waals surface area contributed by atoms with Gasteiger partial charge in [-0.15, -0.1) is 0 Å². The molecule has 1 atom stereocenters. The first kappa shape index (κ1) is 17.4. The van der Waals surface area contributed by atoms with E-state index in [2.05, 4.69) is 32.2 Å². The van der Waals surface area contributed by atoms with Gasteiger partial charge < -0.3 is 19.7 Å². The summed E-state index contributed by atoms with van der Waals surface area (Å²) in [6.45, 7) is 5.90. The van der Waals surface area contributed by atoms with Gasteiger partial charge in [0.15, 0.2) is 0 Å². The number of fused-ring (bicyclic) bond motifs is 1. The van der Waals surface area contributed by atoms with Gasteiger partial charge in [-0.3, -0.25) is 0 Å². The highest BCUT2D eigenvalue weighted by atomic mass is 16.5. The number of methoxy groups -OCH3 is 2. The van der Waals surface area contributed by atoms with Crippen molar-refractivity contribution in [3.8, 4) is 11.5 Å². The van der Waals surface area contributed by atoms with Gasteiger partial charge in [-0.25, -0.2) is 4.98 Å². The van der Waals surface area contributed by atoms with Gasteiger partial charge in [0, 0.05) is 54.3 Å². The van der Waals surface area contributed by atoms with Gasteiger partial charge in [0.1, 0.15) is 23.6 Å². The van der Waals surface area contributed by atoms with E-state index >= 15 is 0 Å². The SMILES string of the molecule is COc1cc(OC)cc(N2CCC(Nc3c(C)c(C)nc4ncnn34)C2)c1.